The number of para-hydroxylation sites is 1. The molecule has 0 spiro atoms. The lowest BCUT2D eigenvalue weighted by atomic mass is 10.1. The molecule has 0 bridgehead atoms. The van der Waals surface area contributed by atoms with Gasteiger partial charge in [0.2, 0.25) is 0 Å². The summed E-state index contributed by atoms with van der Waals surface area (Å²) in [5.74, 6) is 1.06. The fraction of sp³-hybridized carbons (Fsp3) is 0.188. The Kier molecular flexibility index (Phi) is 3.84. The third-order valence-corrected chi connectivity index (χ3v) is 3.93. The fourth-order valence-corrected chi connectivity index (χ4v) is 2.64. The van der Waals surface area contributed by atoms with E-state index >= 15 is 0 Å². The number of nitrogens with one attached hydrogen (secondary N) is 1. The lowest BCUT2D eigenvalue weighted by molar-refractivity contribution is 0.102. The summed E-state index contributed by atoms with van der Waals surface area (Å²) in [5, 5.41) is 2.91. The second kappa shape index (κ2) is 5.77. The van der Waals surface area contributed by atoms with Gasteiger partial charge in [-0.05, 0) is 46.6 Å². The monoisotopic (exact) mass is 347 g/mol. The summed E-state index contributed by atoms with van der Waals surface area (Å²) in [4.78, 5) is 12.4. The van der Waals surface area contributed by atoms with Gasteiger partial charge in [0.1, 0.15) is 13.2 Å². The predicted molar refractivity (Wildman–Crippen MR) is 84.3 cm³/mol. The van der Waals surface area contributed by atoms with Gasteiger partial charge in [-0.1, -0.05) is 18.2 Å². The van der Waals surface area contributed by atoms with E-state index in [9.17, 15) is 4.79 Å². The van der Waals surface area contributed by atoms with E-state index in [1.54, 1.807) is 12.1 Å². The second-order valence-electron chi connectivity index (χ2n) is 4.74. The first-order chi connectivity index (χ1) is 10.1. The van der Waals surface area contributed by atoms with Crippen LogP contribution in [-0.4, -0.2) is 19.1 Å². The average molecular weight is 348 g/mol. The van der Waals surface area contributed by atoms with Gasteiger partial charge in [0, 0.05) is 10.2 Å². The molecule has 108 valence electrons. The quantitative estimate of drug-likeness (QED) is 0.899. The predicted octanol–water partition coefficient (Wildman–Crippen LogP) is 3.78. The van der Waals surface area contributed by atoms with Gasteiger partial charge in [0.25, 0.3) is 5.91 Å². The Morgan fingerprint density at radius 2 is 1.81 bits per heavy atom. The standard InChI is InChI=1S/C16H14BrNO3/c1-10-4-2-3-5-13(10)18-16(19)11-8-14-15(9-12(11)17)21-7-6-20-14/h2-5,8-9H,6-7H2,1H3,(H,18,19). The number of halogens is 1. The Hall–Kier alpha value is -2.01. The van der Waals surface area contributed by atoms with Gasteiger partial charge in [0.05, 0.1) is 5.56 Å². The van der Waals surface area contributed by atoms with Gasteiger partial charge >= 0.3 is 0 Å². The number of rotatable bonds is 2. The van der Waals surface area contributed by atoms with Crippen molar-refractivity contribution >= 4 is 27.5 Å². The van der Waals surface area contributed by atoms with Crippen molar-refractivity contribution in [2.75, 3.05) is 18.5 Å². The number of hydrogen-bond acceptors (Lipinski definition) is 3. The Morgan fingerprint density at radius 3 is 2.52 bits per heavy atom. The van der Waals surface area contributed by atoms with E-state index in [1.807, 2.05) is 31.2 Å². The van der Waals surface area contributed by atoms with Crippen LogP contribution in [-0.2, 0) is 0 Å². The highest BCUT2D eigenvalue weighted by Gasteiger charge is 2.19. The molecule has 0 saturated carbocycles. The van der Waals surface area contributed by atoms with E-state index < -0.39 is 0 Å². The minimum absolute atomic E-state index is 0.187. The normalized spacial score (nSPS) is 12.9. The molecule has 2 aromatic carbocycles. The average Bonchev–Trinajstić information content (AvgIpc) is 2.49. The van der Waals surface area contributed by atoms with Crippen molar-refractivity contribution in [1.29, 1.82) is 0 Å². The van der Waals surface area contributed by atoms with E-state index in [1.165, 1.54) is 0 Å². The van der Waals surface area contributed by atoms with Crippen LogP contribution < -0.4 is 14.8 Å². The molecular weight excluding hydrogens is 334 g/mol. The number of aryl methyl sites for hydroxylation is 1. The summed E-state index contributed by atoms with van der Waals surface area (Å²) in [6.07, 6.45) is 0. The minimum atomic E-state index is -0.187. The zero-order chi connectivity index (χ0) is 14.8. The van der Waals surface area contributed by atoms with Gasteiger partial charge in [-0.15, -0.1) is 0 Å². The molecule has 0 fully saturated rings. The van der Waals surface area contributed by atoms with Crippen LogP contribution in [0.15, 0.2) is 40.9 Å². The first kappa shape index (κ1) is 13.9. The third kappa shape index (κ3) is 2.88. The minimum Gasteiger partial charge on any atom is -0.486 e. The number of carbonyl (C=O) groups is 1. The highest BCUT2D eigenvalue weighted by molar-refractivity contribution is 9.10. The van der Waals surface area contributed by atoms with Crippen LogP contribution in [0.3, 0.4) is 0 Å². The van der Waals surface area contributed by atoms with Crippen molar-refractivity contribution in [3.05, 3.63) is 52.0 Å². The third-order valence-electron chi connectivity index (χ3n) is 3.27. The summed E-state index contributed by atoms with van der Waals surface area (Å²) in [6, 6.07) is 11.1. The number of benzene rings is 2. The van der Waals surface area contributed by atoms with Crippen molar-refractivity contribution in [2.24, 2.45) is 0 Å². The van der Waals surface area contributed by atoms with Crippen LogP contribution in [0.5, 0.6) is 11.5 Å². The van der Waals surface area contributed by atoms with Gasteiger partial charge in [-0.25, -0.2) is 0 Å². The first-order valence-corrected chi connectivity index (χ1v) is 7.40. The van der Waals surface area contributed by atoms with E-state index in [0.29, 0.717) is 34.7 Å². The molecule has 1 amide bonds. The number of fused-ring (bicyclic) bond motifs is 1. The maximum absolute atomic E-state index is 12.4. The summed E-state index contributed by atoms with van der Waals surface area (Å²) < 4.78 is 11.7. The number of carbonyl (C=O) groups excluding carboxylic acids is 1. The lowest BCUT2D eigenvalue weighted by Gasteiger charge is -2.19. The molecular formula is C16H14BrNO3. The molecule has 4 nitrogen and oxygen atoms in total. The molecule has 1 heterocycles. The summed E-state index contributed by atoms with van der Waals surface area (Å²) in [5.41, 5.74) is 2.33. The summed E-state index contributed by atoms with van der Waals surface area (Å²) >= 11 is 3.41. The summed E-state index contributed by atoms with van der Waals surface area (Å²) in [7, 11) is 0. The van der Waals surface area contributed by atoms with Gasteiger partial charge < -0.3 is 14.8 Å². The molecule has 0 unspecified atom stereocenters. The second-order valence-corrected chi connectivity index (χ2v) is 5.60. The molecule has 0 saturated heterocycles. The van der Waals surface area contributed by atoms with Crippen LogP contribution in [0.2, 0.25) is 0 Å². The van der Waals surface area contributed by atoms with E-state index in [0.717, 1.165) is 11.3 Å². The molecule has 1 N–H and O–H groups in total. The number of ether oxygens (including phenoxy) is 2. The SMILES string of the molecule is Cc1ccccc1NC(=O)c1cc2c(cc1Br)OCCO2. The highest BCUT2D eigenvalue weighted by atomic mass is 79.9. The molecule has 0 atom stereocenters. The molecule has 0 aromatic heterocycles. The lowest BCUT2D eigenvalue weighted by Crippen LogP contribution is -2.18. The number of anilines is 1. The molecule has 0 radical (unpaired) electrons. The van der Waals surface area contributed by atoms with Gasteiger partial charge in [0.15, 0.2) is 11.5 Å². The van der Waals surface area contributed by atoms with E-state index in [2.05, 4.69) is 21.2 Å². The van der Waals surface area contributed by atoms with Crippen LogP contribution in [0.1, 0.15) is 15.9 Å². The van der Waals surface area contributed by atoms with Crippen molar-refractivity contribution in [3.8, 4) is 11.5 Å². The fourth-order valence-electron chi connectivity index (χ4n) is 2.14. The Morgan fingerprint density at radius 1 is 1.14 bits per heavy atom. The Balaban J connectivity index is 1.89. The molecule has 0 aliphatic carbocycles. The van der Waals surface area contributed by atoms with E-state index in [4.69, 9.17) is 9.47 Å². The molecule has 2 aromatic rings. The molecule has 1 aliphatic heterocycles. The number of hydrogen-bond donors (Lipinski definition) is 1. The molecule has 1 aliphatic rings. The number of amides is 1. The van der Waals surface area contributed by atoms with Gasteiger partial charge in [-0.3, -0.25) is 4.79 Å². The van der Waals surface area contributed by atoms with Crippen molar-refractivity contribution in [1.82, 2.24) is 0 Å². The van der Waals surface area contributed by atoms with Crippen LogP contribution in [0, 0.1) is 6.92 Å². The molecule has 3 rings (SSSR count). The highest BCUT2D eigenvalue weighted by Crippen LogP contribution is 2.35. The van der Waals surface area contributed by atoms with Gasteiger partial charge in [-0.2, -0.15) is 0 Å². The maximum Gasteiger partial charge on any atom is 0.256 e. The Labute approximate surface area is 131 Å². The smallest absolute Gasteiger partial charge is 0.256 e. The van der Waals surface area contributed by atoms with Crippen LogP contribution in [0.4, 0.5) is 5.69 Å². The first-order valence-electron chi connectivity index (χ1n) is 6.61. The maximum atomic E-state index is 12.4. The van der Waals surface area contributed by atoms with Crippen LogP contribution >= 0.6 is 15.9 Å². The van der Waals surface area contributed by atoms with Crippen molar-refractivity contribution < 1.29 is 14.3 Å². The summed E-state index contributed by atoms with van der Waals surface area (Å²) in [6.45, 7) is 2.97. The zero-order valence-corrected chi connectivity index (χ0v) is 13.1. The van der Waals surface area contributed by atoms with Crippen molar-refractivity contribution in [3.63, 3.8) is 0 Å². The topological polar surface area (TPSA) is 47.6 Å². The van der Waals surface area contributed by atoms with E-state index in [-0.39, 0.29) is 5.91 Å². The van der Waals surface area contributed by atoms with Crippen molar-refractivity contribution in [2.45, 2.75) is 6.92 Å². The Bertz CT molecular complexity index is 700. The largest absolute Gasteiger partial charge is 0.486 e. The van der Waals surface area contributed by atoms with Crippen LogP contribution in [0.25, 0.3) is 0 Å². The molecule has 21 heavy (non-hydrogen) atoms. The zero-order valence-electron chi connectivity index (χ0n) is 11.5. The molecule has 5 heteroatoms.